The van der Waals surface area contributed by atoms with Gasteiger partial charge in [-0.05, 0) is 37.1 Å². The average molecular weight is 245 g/mol. The van der Waals surface area contributed by atoms with E-state index in [9.17, 15) is 9.50 Å². The van der Waals surface area contributed by atoms with Crippen molar-refractivity contribution >= 4 is 11.5 Å². The fraction of sp³-hybridized carbons (Fsp3) is 0.231. The Hall–Kier alpha value is -2.01. The molecule has 0 aliphatic heterocycles. The quantitative estimate of drug-likeness (QED) is 0.852. The normalized spacial score (nSPS) is 17.6. The summed E-state index contributed by atoms with van der Waals surface area (Å²) < 4.78 is 12.8. The SMILES string of the molecule is OC1CCc2ncnc(Nc3ccc(F)cc3)c21. The molecule has 1 atom stereocenters. The van der Waals surface area contributed by atoms with Crippen molar-refractivity contribution in [1.29, 1.82) is 0 Å². The van der Waals surface area contributed by atoms with Gasteiger partial charge in [-0.2, -0.15) is 0 Å². The monoisotopic (exact) mass is 245 g/mol. The smallest absolute Gasteiger partial charge is 0.139 e. The zero-order valence-corrected chi connectivity index (χ0v) is 9.60. The molecule has 0 fully saturated rings. The molecule has 0 amide bonds. The Balaban J connectivity index is 1.94. The number of aryl methyl sites for hydroxylation is 1. The molecule has 1 aliphatic rings. The molecule has 5 heteroatoms. The van der Waals surface area contributed by atoms with Crippen molar-refractivity contribution in [3.05, 3.63) is 47.7 Å². The molecule has 1 aromatic carbocycles. The van der Waals surface area contributed by atoms with Gasteiger partial charge in [-0.25, -0.2) is 14.4 Å². The zero-order chi connectivity index (χ0) is 12.5. The molecule has 1 aromatic heterocycles. The topological polar surface area (TPSA) is 58.0 Å². The third-order valence-electron chi connectivity index (χ3n) is 3.06. The number of aliphatic hydroxyl groups is 1. The van der Waals surface area contributed by atoms with Gasteiger partial charge in [0.2, 0.25) is 0 Å². The number of rotatable bonds is 2. The van der Waals surface area contributed by atoms with E-state index in [2.05, 4.69) is 15.3 Å². The molecule has 0 bridgehead atoms. The van der Waals surface area contributed by atoms with E-state index in [1.54, 1.807) is 12.1 Å². The van der Waals surface area contributed by atoms with Crippen LogP contribution in [0.3, 0.4) is 0 Å². The third kappa shape index (κ3) is 1.93. The summed E-state index contributed by atoms with van der Waals surface area (Å²) in [4.78, 5) is 8.30. The first-order valence-electron chi connectivity index (χ1n) is 5.78. The van der Waals surface area contributed by atoms with Crippen LogP contribution in [-0.4, -0.2) is 15.1 Å². The van der Waals surface area contributed by atoms with Crippen molar-refractivity contribution in [2.24, 2.45) is 0 Å². The Morgan fingerprint density at radius 3 is 2.78 bits per heavy atom. The van der Waals surface area contributed by atoms with Crippen molar-refractivity contribution in [1.82, 2.24) is 9.97 Å². The lowest BCUT2D eigenvalue weighted by Gasteiger charge is -2.11. The predicted octanol–water partition coefficient (Wildman–Crippen LogP) is 2.34. The van der Waals surface area contributed by atoms with Crippen LogP contribution in [0.4, 0.5) is 15.9 Å². The molecule has 1 unspecified atom stereocenters. The summed E-state index contributed by atoms with van der Waals surface area (Å²) >= 11 is 0. The third-order valence-corrected chi connectivity index (χ3v) is 3.06. The summed E-state index contributed by atoms with van der Waals surface area (Å²) in [6.45, 7) is 0. The molecule has 3 rings (SSSR count). The van der Waals surface area contributed by atoms with Crippen molar-refractivity contribution < 1.29 is 9.50 Å². The van der Waals surface area contributed by atoms with Crippen LogP contribution in [-0.2, 0) is 6.42 Å². The number of benzene rings is 1. The fourth-order valence-corrected chi connectivity index (χ4v) is 2.17. The summed E-state index contributed by atoms with van der Waals surface area (Å²) in [5.41, 5.74) is 2.36. The highest BCUT2D eigenvalue weighted by molar-refractivity contribution is 5.61. The second kappa shape index (κ2) is 4.34. The number of anilines is 2. The summed E-state index contributed by atoms with van der Waals surface area (Å²) in [7, 11) is 0. The van der Waals surface area contributed by atoms with Crippen molar-refractivity contribution in [3.8, 4) is 0 Å². The van der Waals surface area contributed by atoms with Gasteiger partial charge in [0.15, 0.2) is 0 Å². The molecular formula is C13H12FN3O. The highest BCUT2D eigenvalue weighted by Crippen LogP contribution is 2.34. The van der Waals surface area contributed by atoms with Gasteiger partial charge in [0.1, 0.15) is 18.0 Å². The van der Waals surface area contributed by atoms with Crippen LogP contribution < -0.4 is 5.32 Å². The van der Waals surface area contributed by atoms with Gasteiger partial charge in [-0.1, -0.05) is 0 Å². The Labute approximate surface area is 104 Å². The lowest BCUT2D eigenvalue weighted by molar-refractivity contribution is 0.180. The van der Waals surface area contributed by atoms with E-state index in [-0.39, 0.29) is 5.82 Å². The van der Waals surface area contributed by atoms with E-state index < -0.39 is 6.10 Å². The van der Waals surface area contributed by atoms with Crippen molar-refractivity contribution in [2.75, 3.05) is 5.32 Å². The minimum Gasteiger partial charge on any atom is -0.388 e. The Morgan fingerprint density at radius 2 is 2.00 bits per heavy atom. The van der Waals surface area contributed by atoms with E-state index in [4.69, 9.17) is 0 Å². The second-order valence-corrected chi connectivity index (χ2v) is 4.27. The van der Waals surface area contributed by atoms with Gasteiger partial charge in [0, 0.05) is 11.3 Å². The van der Waals surface area contributed by atoms with Crippen molar-refractivity contribution in [2.45, 2.75) is 18.9 Å². The van der Waals surface area contributed by atoms with Gasteiger partial charge in [0.05, 0.1) is 11.8 Å². The molecule has 4 nitrogen and oxygen atoms in total. The Kier molecular flexibility index (Phi) is 2.68. The Bertz CT molecular complexity index is 571. The van der Waals surface area contributed by atoms with Gasteiger partial charge in [-0.15, -0.1) is 0 Å². The van der Waals surface area contributed by atoms with Crippen LogP contribution in [0.25, 0.3) is 0 Å². The zero-order valence-electron chi connectivity index (χ0n) is 9.60. The maximum atomic E-state index is 12.8. The fourth-order valence-electron chi connectivity index (χ4n) is 2.17. The first-order chi connectivity index (χ1) is 8.74. The van der Waals surface area contributed by atoms with Gasteiger partial charge >= 0.3 is 0 Å². The van der Waals surface area contributed by atoms with Gasteiger partial charge in [-0.3, -0.25) is 0 Å². The summed E-state index contributed by atoms with van der Waals surface area (Å²) in [6, 6.07) is 6.01. The Morgan fingerprint density at radius 1 is 1.22 bits per heavy atom. The predicted molar refractivity (Wildman–Crippen MR) is 65.0 cm³/mol. The van der Waals surface area contributed by atoms with Crippen LogP contribution in [0, 0.1) is 5.82 Å². The first kappa shape index (κ1) is 11.1. The van der Waals surface area contributed by atoms with Crippen LogP contribution in [0.1, 0.15) is 23.8 Å². The van der Waals surface area contributed by atoms with Crippen LogP contribution in [0.5, 0.6) is 0 Å². The number of nitrogens with one attached hydrogen (secondary N) is 1. The molecule has 0 saturated heterocycles. The number of nitrogens with zero attached hydrogens (tertiary/aromatic N) is 2. The van der Waals surface area contributed by atoms with E-state index >= 15 is 0 Å². The van der Waals surface area contributed by atoms with Crippen molar-refractivity contribution in [3.63, 3.8) is 0 Å². The summed E-state index contributed by atoms with van der Waals surface area (Å²) in [5, 5.41) is 13.0. The largest absolute Gasteiger partial charge is 0.388 e. The number of hydrogen-bond acceptors (Lipinski definition) is 4. The van der Waals surface area contributed by atoms with E-state index in [0.29, 0.717) is 12.2 Å². The van der Waals surface area contributed by atoms with Crippen LogP contribution in [0.2, 0.25) is 0 Å². The second-order valence-electron chi connectivity index (χ2n) is 4.27. The number of aromatic nitrogens is 2. The van der Waals surface area contributed by atoms with E-state index in [1.807, 2.05) is 0 Å². The highest BCUT2D eigenvalue weighted by atomic mass is 19.1. The highest BCUT2D eigenvalue weighted by Gasteiger charge is 2.25. The minimum atomic E-state index is -0.524. The molecule has 92 valence electrons. The number of aliphatic hydroxyl groups excluding tert-OH is 1. The van der Waals surface area contributed by atoms with E-state index in [1.165, 1.54) is 18.5 Å². The molecule has 0 saturated carbocycles. The maximum absolute atomic E-state index is 12.8. The van der Waals surface area contributed by atoms with Crippen LogP contribution in [0.15, 0.2) is 30.6 Å². The molecular weight excluding hydrogens is 233 g/mol. The molecule has 1 heterocycles. The first-order valence-corrected chi connectivity index (χ1v) is 5.78. The lowest BCUT2D eigenvalue weighted by Crippen LogP contribution is -2.03. The standard InChI is InChI=1S/C13H12FN3O/c14-8-1-3-9(4-2-8)17-13-12-10(15-7-16-13)5-6-11(12)18/h1-4,7,11,18H,5-6H2,(H,15,16,17). The lowest BCUT2D eigenvalue weighted by atomic mass is 10.2. The molecule has 0 radical (unpaired) electrons. The van der Waals surface area contributed by atoms with Crippen LogP contribution >= 0.6 is 0 Å². The molecule has 1 aliphatic carbocycles. The summed E-state index contributed by atoms with van der Waals surface area (Å²) in [5.74, 6) is 0.310. The van der Waals surface area contributed by atoms with Gasteiger partial charge < -0.3 is 10.4 Å². The minimum absolute atomic E-state index is 0.284. The molecule has 2 N–H and O–H groups in total. The molecule has 18 heavy (non-hydrogen) atoms. The number of fused-ring (bicyclic) bond motifs is 1. The maximum Gasteiger partial charge on any atom is 0.139 e. The molecule has 2 aromatic rings. The average Bonchev–Trinajstić information content (AvgIpc) is 2.75. The van der Waals surface area contributed by atoms with E-state index in [0.717, 1.165) is 23.4 Å². The number of hydrogen-bond donors (Lipinski definition) is 2. The number of halogens is 1. The van der Waals surface area contributed by atoms with Gasteiger partial charge in [0.25, 0.3) is 0 Å². The molecule has 0 spiro atoms. The summed E-state index contributed by atoms with van der Waals surface area (Å²) in [6.07, 6.45) is 2.38.